The lowest BCUT2D eigenvalue weighted by molar-refractivity contribution is 0.414. The van der Waals surface area contributed by atoms with Crippen LogP contribution in [0.5, 0.6) is 5.75 Å². The average Bonchev–Trinajstić information content (AvgIpc) is 3.43. The van der Waals surface area contributed by atoms with E-state index in [1.807, 2.05) is 24.3 Å². The zero-order chi connectivity index (χ0) is 21.1. The SMILES string of the molecule is COc1ccc(CNc2nc(-c3ccco3)nn2S(=O)(=O)c2ccc(Cl)cc2)cc1. The van der Waals surface area contributed by atoms with Crippen molar-refractivity contribution in [2.45, 2.75) is 11.4 Å². The Morgan fingerprint density at radius 1 is 1.10 bits per heavy atom. The van der Waals surface area contributed by atoms with Crippen molar-refractivity contribution in [3.63, 3.8) is 0 Å². The van der Waals surface area contributed by atoms with Gasteiger partial charge in [0, 0.05) is 11.6 Å². The van der Waals surface area contributed by atoms with Crippen LogP contribution < -0.4 is 10.1 Å². The molecule has 0 aliphatic rings. The summed E-state index contributed by atoms with van der Waals surface area (Å²) in [5.74, 6) is 1.29. The Bertz CT molecular complexity index is 1240. The second-order valence-electron chi connectivity index (χ2n) is 6.24. The van der Waals surface area contributed by atoms with E-state index in [4.69, 9.17) is 20.8 Å². The highest BCUT2D eigenvalue weighted by atomic mass is 35.5. The van der Waals surface area contributed by atoms with E-state index < -0.39 is 10.0 Å². The van der Waals surface area contributed by atoms with Crippen LogP contribution in [0.4, 0.5) is 5.95 Å². The van der Waals surface area contributed by atoms with Crippen molar-refractivity contribution >= 4 is 27.6 Å². The van der Waals surface area contributed by atoms with E-state index in [-0.39, 0.29) is 16.7 Å². The summed E-state index contributed by atoms with van der Waals surface area (Å²) in [6.07, 6.45) is 1.47. The Morgan fingerprint density at radius 2 is 1.83 bits per heavy atom. The molecule has 0 spiro atoms. The molecule has 2 aromatic heterocycles. The number of furan rings is 1. The molecule has 8 nitrogen and oxygen atoms in total. The van der Waals surface area contributed by atoms with Crippen molar-refractivity contribution in [3.8, 4) is 17.3 Å². The number of rotatable bonds is 7. The lowest BCUT2D eigenvalue weighted by atomic mass is 10.2. The maximum absolute atomic E-state index is 13.2. The minimum atomic E-state index is -4.01. The number of halogens is 1. The van der Waals surface area contributed by atoms with Gasteiger partial charge in [0.05, 0.1) is 18.3 Å². The Hall–Kier alpha value is -3.30. The molecule has 30 heavy (non-hydrogen) atoms. The van der Waals surface area contributed by atoms with Crippen LogP contribution in [-0.4, -0.2) is 29.7 Å². The van der Waals surface area contributed by atoms with E-state index >= 15 is 0 Å². The van der Waals surface area contributed by atoms with Crippen LogP contribution in [0.2, 0.25) is 5.02 Å². The summed E-state index contributed by atoms with van der Waals surface area (Å²) in [4.78, 5) is 4.37. The van der Waals surface area contributed by atoms with E-state index in [2.05, 4.69) is 15.4 Å². The zero-order valence-corrected chi connectivity index (χ0v) is 17.4. The molecule has 154 valence electrons. The molecule has 0 saturated heterocycles. The van der Waals surface area contributed by atoms with Crippen molar-refractivity contribution < 1.29 is 17.6 Å². The fourth-order valence-corrected chi connectivity index (χ4v) is 4.04. The summed E-state index contributed by atoms with van der Waals surface area (Å²) in [5.41, 5.74) is 0.911. The minimum Gasteiger partial charge on any atom is -0.497 e. The maximum Gasteiger partial charge on any atom is 0.286 e. The molecule has 2 heterocycles. The van der Waals surface area contributed by atoms with Gasteiger partial charge in [0.25, 0.3) is 10.0 Å². The number of hydrogen-bond acceptors (Lipinski definition) is 7. The van der Waals surface area contributed by atoms with Crippen LogP contribution in [0.15, 0.2) is 76.2 Å². The van der Waals surface area contributed by atoms with Crippen LogP contribution in [0, 0.1) is 0 Å². The summed E-state index contributed by atoms with van der Waals surface area (Å²) < 4.78 is 37.7. The Morgan fingerprint density at radius 3 is 2.47 bits per heavy atom. The number of benzene rings is 2. The number of nitrogens with zero attached hydrogens (tertiary/aromatic N) is 3. The maximum atomic E-state index is 13.2. The van der Waals surface area contributed by atoms with E-state index in [9.17, 15) is 8.42 Å². The quantitative estimate of drug-likeness (QED) is 0.459. The van der Waals surface area contributed by atoms with Crippen LogP contribution in [0.3, 0.4) is 0 Å². The molecule has 4 aromatic rings. The minimum absolute atomic E-state index is 0.0373. The van der Waals surface area contributed by atoms with Gasteiger partial charge >= 0.3 is 0 Å². The molecule has 0 bridgehead atoms. The molecule has 0 saturated carbocycles. The van der Waals surface area contributed by atoms with Crippen LogP contribution >= 0.6 is 11.6 Å². The van der Waals surface area contributed by atoms with Crippen molar-refractivity contribution in [3.05, 3.63) is 77.5 Å². The molecule has 0 amide bonds. The Kier molecular flexibility index (Phi) is 5.47. The normalized spacial score (nSPS) is 11.4. The molecule has 2 aromatic carbocycles. The summed E-state index contributed by atoms with van der Waals surface area (Å²) in [5, 5.41) is 7.64. The molecule has 0 atom stereocenters. The fourth-order valence-electron chi connectivity index (χ4n) is 2.71. The first-order chi connectivity index (χ1) is 14.5. The zero-order valence-electron chi connectivity index (χ0n) is 15.8. The highest BCUT2D eigenvalue weighted by molar-refractivity contribution is 7.90. The van der Waals surface area contributed by atoms with Gasteiger partial charge in [-0.1, -0.05) is 23.7 Å². The van der Waals surface area contributed by atoms with Crippen LogP contribution in [0.25, 0.3) is 11.6 Å². The molecule has 1 N–H and O–H groups in total. The smallest absolute Gasteiger partial charge is 0.286 e. The molecule has 0 aliphatic heterocycles. The monoisotopic (exact) mass is 444 g/mol. The molecule has 0 aliphatic carbocycles. The number of anilines is 1. The molecule has 0 unspecified atom stereocenters. The van der Waals surface area contributed by atoms with E-state index in [0.717, 1.165) is 15.4 Å². The van der Waals surface area contributed by atoms with Gasteiger partial charge in [0.15, 0.2) is 5.76 Å². The largest absolute Gasteiger partial charge is 0.497 e. The Balaban J connectivity index is 1.70. The first-order valence-corrected chi connectivity index (χ1v) is 10.7. The number of hydrogen-bond donors (Lipinski definition) is 1. The fraction of sp³-hybridized carbons (Fsp3) is 0.100. The lowest BCUT2D eigenvalue weighted by Crippen LogP contribution is -2.18. The molecule has 4 rings (SSSR count). The molecular weight excluding hydrogens is 428 g/mol. The third-order valence-corrected chi connectivity index (χ3v) is 6.10. The van der Waals surface area contributed by atoms with Gasteiger partial charge in [0.1, 0.15) is 5.75 Å². The number of methoxy groups -OCH3 is 1. The van der Waals surface area contributed by atoms with Crippen molar-refractivity contribution in [2.75, 3.05) is 12.4 Å². The predicted octanol–water partition coefficient (Wildman–Crippen LogP) is 4.05. The first-order valence-electron chi connectivity index (χ1n) is 8.86. The molecular formula is C20H17ClN4O4S. The van der Waals surface area contributed by atoms with Gasteiger partial charge in [-0.15, -0.1) is 9.19 Å². The van der Waals surface area contributed by atoms with Gasteiger partial charge in [-0.05, 0) is 54.1 Å². The average molecular weight is 445 g/mol. The summed E-state index contributed by atoms with van der Waals surface area (Å²) in [7, 11) is -2.42. The van der Waals surface area contributed by atoms with Gasteiger partial charge in [-0.3, -0.25) is 0 Å². The Labute approximate surface area is 178 Å². The third-order valence-electron chi connectivity index (χ3n) is 4.27. The van der Waals surface area contributed by atoms with Crippen molar-refractivity contribution in [1.29, 1.82) is 0 Å². The van der Waals surface area contributed by atoms with Gasteiger partial charge in [-0.25, -0.2) is 0 Å². The van der Waals surface area contributed by atoms with Crippen LogP contribution in [-0.2, 0) is 16.6 Å². The van der Waals surface area contributed by atoms with Gasteiger partial charge in [-0.2, -0.15) is 13.4 Å². The van der Waals surface area contributed by atoms with E-state index in [1.165, 1.54) is 30.5 Å². The molecule has 10 heteroatoms. The predicted molar refractivity (Wildman–Crippen MR) is 112 cm³/mol. The summed E-state index contributed by atoms with van der Waals surface area (Å²) >= 11 is 5.89. The summed E-state index contributed by atoms with van der Waals surface area (Å²) in [6, 6.07) is 16.5. The first kappa shape index (κ1) is 20.0. The summed E-state index contributed by atoms with van der Waals surface area (Å²) in [6.45, 7) is 0.330. The molecule has 0 fully saturated rings. The second-order valence-corrected chi connectivity index (χ2v) is 8.44. The lowest BCUT2D eigenvalue weighted by Gasteiger charge is -2.09. The van der Waals surface area contributed by atoms with E-state index in [1.54, 1.807) is 19.2 Å². The van der Waals surface area contributed by atoms with E-state index in [0.29, 0.717) is 17.3 Å². The number of aromatic nitrogens is 3. The standard InChI is InChI=1S/C20H17ClN4O4S/c1-28-16-8-4-14(5-9-16)13-22-20-23-19(18-3-2-12-29-18)24-25(20)30(26,27)17-10-6-15(21)7-11-17/h2-12H,13H2,1H3,(H,22,23,24). The highest BCUT2D eigenvalue weighted by Crippen LogP contribution is 2.24. The van der Waals surface area contributed by atoms with Gasteiger partial charge < -0.3 is 14.5 Å². The van der Waals surface area contributed by atoms with Gasteiger partial charge in [0.2, 0.25) is 11.8 Å². The second kappa shape index (κ2) is 8.21. The van der Waals surface area contributed by atoms with Crippen molar-refractivity contribution in [2.24, 2.45) is 0 Å². The third kappa shape index (κ3) is 4.03. The number of nitrogens with one attached hydrogen (secondary N) is 1. The van der Waals surface area contributed by atoms with Crippen LogP contribution in [0.1, 0.15) is 5.56 Å². The molecule has 0 radical (unpaired) electrons. The highest BCUT2D eigenvalue weighted by Gasteiger charge is 2.25. The topological polar surface area (TPSA) is 99.2 Å². The van der Waals surface area contributed by atoms with Crippen molar-refractivity contribution in [1.82, 2.24) is 14.2 Å². The number of ether oxygens (including phenoxy) is 1.